The molecule has 1 aromatic heterocycles. The number of rotatable bonds is 9. The van der Waals surface area contributed by atoms with Crippen LogP contribution in [0, 0.1) is 6.92 Å². The number of nitrogens with zero attached hydrogens (tertiary/aromatic N) is 1. The first kappa shape index (κ1) is 18.2. The lowest BCUT2D eigenvalue weighted by Gasteiger charge is -2.17. The van der Waals surface area contributed by atoms with Crippen LogP contribution in [0.5, 0.6) is 0 Å². The van der Waals surface area contributed by atoms with E-state index in [1.165, 1.54) is 4.31 Å². The molecule has 0 spiro atoms. The fraction of sp³-hybridized carbons (Fsp3) is 0.714. The second-order valence-electron chi connectivity index (χ2n) is 5.16. The topological polar surface area (TPSA) is 71.8 Å². The molecule has 122 valence electrons. The molecule has 0 saturated heterocycles. The Morgan fingerprint density at radius 3 is 2.67 bits per heavy atom. The molecule has 1 heterocycles. The number of hydrogen-bond acceptors (Lipinski definition) is 5. The van der Waals surface area contributed by atoms with Crippen molar-refractivity contribution in [2.75, 3.05) is 26.7 Å². The van der Waals surface area contributed by atoms with Crippen LogP contribution in [0.3, 0.4) is 0 Å². The number of aryl methyl sites for hydroxylation is 1. The van der Waals surface area contributed by atoms with E-state index in [2.05, 4.69) is 5.32 Å². The molecule has 0 bridgehead atoms. The summed E-state index contributed by atoms with van der Waals surface area (Å²) in [5.41, 5.74) is 0. The van der Waals surface area contributed by atoms with Gasteiger partial charge < -0.3 is 14.5 Å². The van der Waals surface area contributed by atoms with Gasteiger partial charge in [-0.1, -0.05) is 6.92 Å². The van der Waals surface area contributed by atoms with Crippen LogP contribution in [-0.4, -0.2) is 45.6 Å². The third-order valence-corrected chi connectivity index (χ3v) is 4.98. The number of furan rings is 1. The van der Waals surface area contributed by atoms with E-state index in [1.807, 2.05) is 20.8 Å². The monoisotopic (exact) mass is 318 g/mol. The molecule has 7 heteroatoms. The minimum atomic E-state index is -3.54. The number of likely N-dealkylation sites (N-methyl/N-ethyl adjacent to an activating group) is 1. The Balaban J connectivity index is 2.79. The molecule has 0 aliphatic heterocycles. The van der Waals surface area contributed by atoms with E-state index >= 15 is 0 Å². The largest absolute Gasteiger partial charge is 0.464 e. The number of hydrogen-bond donors (Lipinski definition) is 1. The molecule has 0 amide bonds. The molecule has 0 saturated carbocycles. The van der Waals surface area contributed by atoms with Gasteiger partial charge in [-0.25, -0.2) is 8.42 Å². The molecule has 1 N–H and O–H groups in total. The lowest BCUT2D eigenvalue weighted by atomic mass is 10.4. The Hall–Kier alpha value is -0.890. The van der Waals surface area contributed by atoms with Gasteiger partial charge in [-0.15, -0.1) is 0 Å². The molecule has 0 radical (unpaired) electrons. The second kappa shape index (κ2) is 7.93. The highest BCUT2D eigenvalue weighted by Crippen LogP contribution is 2.22. The minimum Gasteiger partial charge on any atom is -0.464 e. The molecule has 1 rings (SSSR count). The SMILES string of the molecule is CCNCc1cc(S(=O)(=O)N(C)CCOC(C)C)c(C)o1. The Morgan fingerprint density at radius 2 is 2.10 bits per heavy atom. The van der Waals surface area contributed by atoms with Crippen molar-refractivity contribution >= 4 is 10.0 Å². The van der Waals surface area contributed by atoms with E-state index in [0.717, 1.165) is 6.54 Å². The third-order valence-electron chi connectivity index (χ3n) is 3.02. The summed E-state index contributed by atoms with van der Waals surface area (Å²) in [6, 6.07) is 1.59. The summed E-state index contributed by atoms with van der Waals surface area (Å²) in [4.78, 5) is 0.224. The van der Waals surface area contributed by atoms with Gasteiger partial charge in [0.05, 0.1) is 19.3 Å². The van der Waals surface area contributed by atoms with Gasteiger partial charge in [0.2, 0.25) is 10.0 Å². The molecular weight excluding hydrogens is 292 g/mol. The highest BCUT2D eigenvalue weighted by molar-refractivity contribution is 7.89. The van der Waals surface area contributed by atoms with Crippen molar-refractivity contribution in [3.8, 4) is 0 Å². The number of ether oxygens (including phenoxy) is 1. The van der Waals surface area contributed by atoms with Gasteiger partial charge in [-0.2, -0.15) is 4.31 Å². The predicted octanol–water partition coefficient (Wildman–Crippen LogP) is 1.74. The zero-order valence-electron chi connectivity index (χ0n) is 13.5. The van der Waals surface area contributed by atoms with Gasteiger partial charge in [0.25, 0.3) is 0 Å². The van der Waals surface area contributed by atoms with E-state index in [1.54, 1.807) is 20.0 Å². The molecule has 0 atom stereocenters. The van der Waals surface area contributed by atoms with Crippen LogP contribution in [0.2, 0.25) is 0 Å². The molecule has 0 aliphatic rings. The average molecular weight is 318 g/mol. The Kier molecular flexibility index (Phi) is 6.86. The standard InChI is InChI=1S/C14H26N2O4S/c1-6-15-10-13-9-14(12(4)20-13)21(17,18)16(5)7-8-19-11(2)3/h9,11,15H,6-8,10H2,1-5H3. The van der Waals surface area contributed by atoms with Gasteiger partial charge in [-0.3, -0.25) is 0 Å². The van der Waals surface area contributed by atoms with Gasteiger partial charge in [-0.05, 0) is 27.3 Å². The lowest BCUT2D eigenvalue weighted by Crippen LogP contribution is -2.31. The molecule has 0 fully saturated rings. The number of sulfonamides is 1. The summed E-state index contributed by atoms with van der Waals surface area (Å²) in [6.07, 6.45) is 0.0866. The van der Waals surface area contributed by atoms with Gasteiger partial charge >= 0.3 is 0 Å². The van der Waals surface area contributed by atoms with Gasteiger partial charge in [0.1, 0.15) is 16.4 Å². The highest BCUT2D eigenvalue weighted by atomic mass is 32.2. The van der Waals surface area contributed by atoms with Crippen LogP contribution in [0.25, 0.3) is 0 Å². The van der Waals surface area contributed by atoms with Crippen molar-refractivity contribution in [3.63, 3.8) is 0 Å². The highest BCUT2D eigenvalue weighted by Gasteiger charge is 2.25. The molecular formula is C14H26N2O4S. The summed E-state index contributed by atoms with van der Waals surface area (Å²) >= 11 is 0. The summed E-state index contributed by atoms with van der Waals surface area (Å²) in [6.45, 7) is 9.49. The fourth-order valence-electron chi connectivity index (χ4n) is 1.82. The zero-order chi connectivity index (χ0) is 16.0. The van der Waals surface area contributed by atoms with Crippen LogP contribution in [-0.2, 0) is 21.3 Å². The van der Waals surface area contributed by atoms with Crippen molar-refractivity contribution < 1.29 is 17.6 Å². The Bertz CT molecular complexity index is 537. The van der Waals surface area contributed by atoms with Crippen LogP contribution >= 0.6 is 0 Å². The maximum Gasteiger partial charge on any atom is 0.246 e. The fourth-order valence-corrected chi connectivity index (χ4v) is 3.16. The second-order valence-corrected chi connectivity index (χ2v) is 7.17. The van der Waals surface area contributed by atoms with Crippen LogP contribution < -0.4 is 5.32 Å². The average Bonchev–Trinajstić information content (AvgIpc) is 2.77. The van der Waals surface area contributed by atoms with E-state index in [4.69, 9.17) is 9.15 Å². The van der Waals surface area contributed by atoms with Crippen LogP contribution in [0.1, 0.15) is 32.3 Å². The lowest BCUT2D eigenvalue weighted by molar-refractivity contribution is 0.0737. The Labute approximate surface area is 127 Å². The van der Waals surface area contributed by atoms with E-state index in [0.29, 0.717) is 31.2 Å². The van der Waals surface area contributed by atoms with E-state index < -0.39 is 10.0 Å². The quantitative estimate of drug-likeness (QED) is 0.751. The van der Waals surface area contributed by atoms with Crippen molar-refractivity contribution in [1.82, 2.24) is 9.62 Å². The van der Waals surface area contributed by atoms with Crippen molar-refractivity contribution in [1.29, 1.82) is 0 Å². The molecule has 1 aromatic rings. The summed E-state index contributed by atoms with van der Waals surface area (Å²) < 4.78 is 37.2. The van der Waals surface area contributed by atoms with Crippen molar-refractivity contribution in [3.05, 3.63) is 17.6 Å². The van der Waals surface area contributed by atoms with Crippen molar-refractivity contribution in [2.24, 2.45) is 0 Å². The minimum absolute atomic E-state index is 0.0866. The summed E-state index contributed by atoms with van der Waals surface area (Å²) in [7, 11) is -1.99. The third kappa shape index (κ3) is 5.10. The van der Waals surface area contributed by atoms with E-state index in [-0.39, 0.29) is 11.0 Å². The summed E-state index contributed by atoms with van der Waals surface area (Å²) in [5.74, 6) is 1.04. The van der Waals surface area contributed by atoms with Crippen LogP contribution in [0.4, 0.5) is 0 Å². The molecule has 6 nitrogen and oxygen atoms in total. The zero-order valence-corrected chi connectivity index (χ0v) is 14.3. The first-order valence-corrected chi connectivity index (χ1v) is 8.61. The van der Waals surface area contributed by atoms with Gasteiger partial charge in [0, 0.05) is 19.7 Å². The smallest absolute Gasteiger partial charge is 0.246 e. The summed E-state index contributed by atoms with van der Waals surface area (Å²) in [5, 5.41) is 3.11. The molecule has 0 aromatic carbocycles. The number of nitrogens with one attached hydrogen (secondary N) is 1. The first-order chi connectivity index (χ1) is 9.78. The maximum atomic E-state index is 12.5. The molecule has 21 heavy (non-hydrogen) atoms. The molecule has 0 unspecified atom stereocenters. The van der Waals surface area contributed by atoms with E-state index in [9.17, 15) is 8.42 Å². The maximum absolute atomic E-state index is 12.5. The first-order valence-electron chi connectivity index (χ1n) is 7.17. The Morgan fingerprint density at radius 1 is 1.43 bits per heavy atom. The normalized spacial score (nSPS) is 12.5. The van der Waals surface area contributed by atoms with Crippen LogP contribution in [0.15, 0.2) is 15.4 Å². The predicted molar refractivity (Wildman–Crippen MR) is 81.7 cm³/mol. The molecule has 0 aliphatic carbocycles. The van der Waals surface area contributed by atoms with Crippen molar-refractivity contribution in [2.45, 2.75) is 45.2 Å². The van der Waals surface area contributed by atoms with Gasteiger partial charge in [0.15, 0.2) is 0 Å².